The molecule has 98 valence electrons. The first-order valence-electron chi connectivity index (χ1n) is 6.40. The van der Waals surface area contributed by atoms with E-state index in [9.17, 15) is 9.59 Å². The second-order valence-electron chi connectivity index (χ2n) is 4.71. The van der Waals surface area contributed by atoms with Crippen LogP contribution in [0.1, 0.15) is 39.0 Å². The third-order valence-corrected chi connectivity index (χ3v) is 2.87. The maximum Gasteiger partial charge on any atom is 0.222 e. The topological polar surface area (TPSA) is 84.2 Å². The zero-order chi connectivity index (χ0) is 12.7. The van der Waals surface area contributed by atoms with Crippen molar-refractivity contribution in [3.8, 4) is 0 Å². The molecule has 1 unspecified atom stereocenters. The molecule has 0 heterocycles. The number of hydrogen-bond acceptors (Lipinski definition) is 3. The summed E-state index contributed by atoms with van der Waals surface area (Å²) in [7, 11) is 0. The van der Waals surface area contributed by atoms with Crippen molar-refractivity contribution >= 4 is 11.8 Å². The van der Waals surface area contributed by atoms with Crippen molar-refractivity contribution in [2.75, 3.05) is 13.1 Å². The van der Waals surface area contributed by atoms with Crippen LogP contribution >= 0.6 is 0 Å². The number of hydrogen-bond donors (Lipinski definition) is 3. The second-order valence-corrected chi connectivity index (χ2v) is 4.71. The van der Waals surface area contributed by atoms with Crippen molar-refractivity contribution in [1.29, 1.82) is 0 Å². The molecule has 4 N–H and O–H groups in total. The van der Waals surface area contributed by atoms with Gasteiger partial charge in [0.25, 0.3) is 0 Å². The first-order valence-corrected chi connectivity index (χ1v) is 6.40. The highest BCUT2D eigenvalue weighted by Gasteiger charge is 2.22. The SMILES string of the molecule is CC(CCN)C(=O)NCCCC(=O)NC1CC1. The van der Waals surface area contributed by atoms with Crippen molar-refractivity contribution < 1.29 is 9.59 Å². The predicted octanol–water partition coefficient (Wildman–Crippen LogP) is 0.146. The Morgan fingerprint density at radius 1 is 1.41 bits per heavy atom. The van der Waals surface area contributed by atoms with Crippen molar-refractivity contribution in [3.05, 3.63) is 0 Å². The first kappa shape index (κ1) is 14.0. The summed E-state index contributed by atoms with van der Waals surface area (Å²) in [4.78, 5) is 22.8. The van der Waals surface area contributed by atoms with Gasteiger partial charge in [0.2, 0.25) is 11.8 Å². The Hall–Kier alpha value is -1.10. The third-order valence-electron chi connectivity index (χ3n) is 2.87. The summed E-state index contributed by atoms with van der Waals surface area (Å²) >= 11 is 0. The van der Waals surface area contributed by atoms with E-state index in [1.54, 1.807) is 0 Å². The van der Waals surface area contributed by atoms with Crippen LogP contribution in [-0.2, 0) is 9.59 Å². The van der Waals surface area contributed by atoms with Gasteiger partial charge in [-0.3, -0.25) is 9.59 Å². The van der Waals surface area contributed by atoms with E-state index in [1.165, 1.54) is 0 Å². The van der Waals surface area contributed by atoms with E-state index in [1.807, 2.05) is 6.92 Å². The lowest BCUT2D eigenvalue weighted by molar-refractivity contribution is -0.125. The molecule has 0 bridgehead atoms. The molecule has 1 aliphatic rings. The molecule has 0 aliphatic heterocycles. The van der Waals surface area contributed by atoms with Crippen molar-refractivity contribution in [1.82, 2.24) is 10.6 Å². The van der Waals surface area contributed by atoms with E-state index in [-0.39, 0.29) is 17.7 Å². The van der Waals surface area contributed by atoms with E-state index in [4.69, 9.17) is 5.73 Å². The minimum Gasteiger partial charge on any atom is -0.356 e. The number of carbonyl (C=O) groups is 2. The Labute approximate surface area is 103 Å². The average Bonchev–Trinajstić information content (AvgIpc) is 3.08. The largest absolute Gasteiger partial charge is 0.356 e. The molecule has 1 rings (SSSR count). The van der Waals surface area contributed by atoms with E-state index < -0.39 is 0 Å². The molecule has 0 aromatic heterocycles. The van der Waals surface area contributed by atoms with Gasteiger partial charge in [0.15, 0.2) is 0 Å². The molecular weight excluding hydrogens is 218 g/mol. The average molecular weight is 241 g/mol. The smallest absolute Gasteiger partial charge is 0.222 e. The molecule has 0 spiro atoms. The van der Waals surface area contributed by atoms with Crippen LogP contribution in [0, 0.1) is 5.92 Å². The van der Waals surface area contributed by atoms with Crippen LogP contribution in [0.2, 0.25) is 0 Å². The number of nitrogens with two attached hydrogens (primary N) is 1. The van der Waals surface area contributed by atoms with Gasteiger partial charge >= 0.3 is 0 Å². The second kappa shape index (κ2) is 7.27. The Bertz CT molecular complexity index is 264. The van der Waals surface area contributed by atoms with Crippen molar-refractivity contribution in [2.45, 2.75) is 45.1 Å². The molecule has 1 aliphatic carbocycles. The van der Waals surface area contributed by atoms with Crippen LogP contribution in [0.3, 0.4) is 0 Å². The molecule has 0 saturated heterocycles. The molecule has 2 amide bonds. The number of rotatable bonds is 8. The van der Waals surface area contributed by atoms with Crippen LogP contribution in [0.4, 0.5) is 0 Å². The summed E-state index contributed by atoms with van der Waals surface area (Å²) < 4.78 is 0. The zero-order valence-electron chi connectivity index (χ0n) is 10.5. The zero-order valence-corrected chi connectivity index (χ0v) is 10.5. The lowest BCUT2D eigenvalue weighted by Crippen LogP contribution is -2.32. The Morgan fingerprint density at radius 3 is 2.71 bits per heavy atom. The summed E-state index contributed by atoms with van der Waals surface area (Å²) in [5, 5.41) is 5.73. The molecule has 0 aromatic carbocycles. The van der Waals surface area contributed by atoms with Crippen LogP contribution < -0.4 is 16.4 Å². The summed E-state index contributed by atoms with van der Waals surface area (Å²) in [5.74, 6) is 0.0788. The molecule has 5 nitrogen and oxygen atoms in total. The highest BCUT2D eigenvalue weighted by molar-refractivity contribution is 5.78. The quantitative estimate of drug-likeness (QED) is 0.529. The Morgan fingerprint density at radius 2 is 2.12 bits per heavy atom. The summed E-state index contributed by atoms with van der Waals surface area (Å²) in [6.45, 7) is 2.95. The molecule has 0 aromatic rings. The summed E-state index contributed by atoms with van der Waals surface area (Å²) in [6, 6.07) is 0.418. The standard InChI is InChI=1S/C12H23N3O2/c1-9(6-7-13)12(17)14-8-2-3-11(16)15-10-4-5-10/h9-10H,2-8,13H2,1H3,(H,14,17)(H,15,16). The molecule has 17 heavy (non-hydrogen) atoms. The van der Waals surface area contributed by atoms with Crippen LogP contribution in [-0.4, -0.2) is 30.9 Å². The number of carbonyl (C=O) groups excluding carboxylic acids is 2. The van der Waals surface area contributed by atoms with Crippen molar-refractivity contribution in [3.63, 3.8) is 0 Å². The molecule has 1 saturated carbocycles. The lowest BCUT2D eigenvalue weighted by atomic mass is 10.1. The fourth-order valence-corrected chi connectivity index (χ4v) is 1.54. The van der Waals surface area contributed by atoms with Gasteiger partial charge in [0.05, 0.1) is 0 Å². The van der Waals surface area contributed by atoms with E-state index in [0.29, 0.717) is 38.4 Å². The van der Waals surface area contributed by atoms with Crippen LogP contribution in [0.15, 0.2) is 0 Å². The number of nitrogens with one attached hydrogen (secondary N) is 2. The Kier molecular flexibility index (Phi) is 5.97. The van der Waals surface area contributed by atoms with Crippen LogP contribution in [0.5, 0.6) is 0 Å². The fraction of sp³-hybridized carbons (Fsp3) is 0.833. The monoisotopic (exact) mass is 241 g/mol. The van der Waals surface area contributed by atoms with Gasteiger partial charge in [0.1, 0.15) is 0 Å². The maximum absolute atomic E-state index is 11.5. The first-order chi connectivity index (χ1) is 8.13. The summed E-state index contributed by atoms with van der Waals surface area (Å²) in [6.07, 6.45) is 4.11. The van der Waals surface area contributed by atoms with Crippen LogP contribution in [0.25, 0.3) is 0 Å². The molecule has 5 heteroatoms. The van der Waals surface area contributed by atoms with Gasteiger partial charge in [-0.2, -0.15) is 0 Å². The van der Waals surface area contributed by atoms with Gasteiger partial charge in [-0.05, 0) is 32.2 Å². The van der Waals surface area contributed by atoms with Crippen molar-refractivity contribution in [2.24, 2.45) is 11.7 Å². The highest BCUT2D eigenvalue weighted by atomic mass is 16.2. The Balaban J connectivity index is 1.98. The molecule has 0 radical (unpaired) electrons. The molecule has 1 fully saturated rings. The van der Waals surface area contributed by atoms with Gasteiger partial charge in [-0.25, -0.2) is 0 Å². The lowest BCUT2D eigenvalue weighted by Gasteiger charge is -2.10. The van der Waals surface area contributed by atoms with E-state index >= 15 is 0 Å². The highest BCUT2D eigenvalue weighted by Crippen LogP contribution is 2.18. The number of amides is 2. The van der Waals surface area contributed by atoms with Gasteiger partial charge < -0.3 is 16.4 Å². The maximum atomic E-state index is 11.5. The summed E-state index contributed by atoms with van der Waals surface area (Å²) in [5.41, 5.74) is 5.38. The minimum absolute atomic E-state index is 0.0260. The third kappa shape index (κ3) is 6.26. The predicted molar refractivity (Wildman–Crippen MR) is 66.2 cm³/mol. The van der Waals surface area contributed by atoms with Gasteiger partial charge in [-0.15, -0.1) is 0 Å². The van der Waals surface area contributed by atoms with Gasteiger partial charge in [0, 0.05) is 24.9 Å². The molecule has 1 atom stereocenters. The van der Waals surface area contributed by atoms with E-state index in [0.717, 1.165) is 12.8 Å². The normalized spacial score (nSPS) is 16.4. The minimum atomic E-state index is -0.0414. The molecular formula is C12H23N3O2. The fourth-order valence-electron chi connectivity index (χ4n) is 1.54. The van der Waals surface area contributed by atoms with Gasteiger partial charge in [-0.1, -0.05) is 6.92 Å². The van der Waals surface area contributed by atoms with E-state index in [2.05, 4.69) is 10.6 Å².